The molecule has 4 N–H and O–H groups in total. The summed E-state index contributed by atoms with van der Waals surface area (Å²) in [5, 5.41) is 93.5. The highest BCUT2D eigenvalue weighted by atomic mass is 32.2. The van der Waals surface area contributed by atoms with Crippen molar-refractivity contribution in [3.8, 4) is 23.0 Å². The molecule has 0 heterocycles. The van der Waals surface area contributed by atoms with Crippen LogP contribution in [0.5, 0.6) is 23.0 Å². The fraction of sp³-hybridized carbons (Fsp3) is 0. The van der Waals surface area contributed by atoms with E-state index in [0.717, 1.165) is 60.7 Å². The van der Waals surface area contributed by atoms with E-state index < -0.39 is 90.2 Å². The van der Waals surface area contributed by atoms with Crippen molar-refractivity contribution in [1.29, 1.82) is 0 Å². The van der Waals surface area contributed by atoms with Crippen LogP contribution in [0.2, 0.25) is 0 Å². The van der Waals surface area contributed by atoms with Gasteiger partial charge in [-0.2, -0.15) is 16.8 Å². The van der Waals surface area contributed by atoms with E-state index in [0.29, 0.717) is 18.2 Å². The third kappa shape index (κ3) is 8.58. The summed E-state index contributed by atoms with van der Waals surface area (Å²) in [6.07, 6.45) is 0. The lowest BCUT2D eigenvalue weighted by Gasteiger charge is -2.10. The highest BCUT2D eigenvalue weighted by Crippen LogP contribution is 2.42. The number of azo groups is 1. The molecular weight excluding hydrogens is 782 g/mol. The van der Waals surface area contributed by atoms with Gasteiger partial charge in [-0.25, -0.2) is 8.57 Å². The normalized spacial score (nSPS) is 12.1. The molecule has 0 amide bonds. The van der Waals surface area contributed by atoms with E-state index in [1.54, 1.807) is 0 Å². The van der Waals surface area contributed by atoms with Gasteiger partial charge in [-0.1, -0.05) is 0 Å². The summed E-state index contributed by atoms with van der Waals surface area (Å²) < 4.78 is 61.5. The molecule has 0 saturated heterocycles. The van der Waals surface area contributed by atoms with E-state index in [1.807, 2.05) is 0 Å². The van der Waals surface area contributed by atoms with Gasteiger partial charge in [-0.05, 0) is 47.9 Å². The summed E-state index contributed by atoms with van der Waals surface area (Å²) in [6, 6.07) is 11.4. The van der Waals surface area contributed by atoms with E-state index in [2.05, 4.69) is 39.6 Å². The van der Waals surface area contributed by atoms with Crippen molar-refractivity contribution in [3.05, 3.63) is 109 Å². The molecule has 55 heavy (non-hydrogen) atoms. The Bertz CT molecular complexity index is 2720. The Morgan fingerprint density at radius 1 is 0.545 bits per heavy atom. The Labute approximate surface area is 304 Å². The van der Waals surface area contributed by atoms with Gasteiger partial charge in [0.05, 0.1) is 37.6 Å². The summed E-state index contributed by atoms with van der Waals surface area (Å²) in [5.74, 6) is -3.01. The maximum absolute atomic E-state index is 13.2. The summed E-state index contributed by atoms with van der Waals surface area (Å²) >= 11 is 0. The lowest BCUT2D eigenvalue weighted by atomic mass is 10.1. The molecule has 0 aliphatic carbocycles. The largest absolute Gasteiger partial charge is 0.508 e. The molecule has 0 saturated carbocycles. The molecule has 0 aliphatic heterocycles. The first-order valence-electron chi connectivity index (χ1n) is 14.2. The van der Waals surface area contributed by atoms with Gasteiger partial charge in [0, 0.05) is 40.9 Å². The van der Waals surface area contributed by atoms with Crippen LogP contribution in [0.25, 0.3) is 10.8 Å². The second kappa shape index (κ2) is 15.0. The number of non-ortho nitro benzene ring substituents is 2. The summed E-state index contributed by atoms with van der Waals surface area (Å²) in [5.41, 5.74) is -4.09. The van der Waals surface area contributed by atoms with E-state index >= 15 is 0 Å². The van der Waals surface area contributed by atoms with Crippen LogP contribution in [0.4, 0.5) is 39.8 Å². The van der Waals surface area contributed by atoms with Crippen molar-refractivity contribution >= 4 is 70.8 Å². The topological polar surface area (TPSA) is 371 Å². The minimum atomic E-state index is -5.13. The first kappa shape index (κ1) is 38.3. The van der Waals surface area contributed by atoms with Crippen molar-refractivity contribution in [1.82, 2.24) is 0 Å². The van der Waals surface area contributed by atoms with Crippen LogP contribution in [0.1, 0.15) is 0 Å². The molecule has 0 spiro atoms. The number of benzene rings is 5. The fourth-order valence-corrected chi connectivity index (χ4v) is 5.81. The smallest absolute Gasteiger partial charge is 0.360 e. The van der Waals surface area contributed by atoms with E-state index in [9.17, 15) is 67.6 Å². The SMILES string of the molecule is O=[N+]([O-])c1ccc(N=NOS(=O)(=O)c2cc(N=Nc3ccc(O)cc3O)c3c(O)cc(S(=O)(=O)ON=Nc4cc([N+](=O)[O-])cc([N+](=O)[O-])c4O)cc3c2)cc1. The molecule has 0 bridgehead atoms. The molecule has 0 fully saturated rings. The number of nitro benzene ring substituents is 3. The van der Waals surface area contributed by atoms with Gasteiger partial charge < -0.3 is 20.4 Å². The van der Waals surface area contributed by atoms with Crippen LogP contribution >= 0.6 is 0 Å². The molecule has 0 aromatic heterocycles. The number of hydrogen-bond acceptors (Lipinski definition) is 22. The van der Waals surface area contributed by atoms with E-state index in [1.165, 1.54) is 0 Å². The molecule has 5 rings (SSSR count). The van der Waals surface area contributed by atoms with Gasteiger partial charge in [0.1, 0.15) is 38.4 Å². The monoisotopic (exact) mass is 799 g/mol. The number of hydrogen-bond donors (Lipinski definition) is 4. The molecule has 0 unspecified atom stereocenters. The average molecular weight is 800 g/mol. The number of rotatable bonds is 13. The molecule has 25 nitrogen and oxygen atoms in total. The predicted octanol–water partition coefficient (Wildman–Crippen LogP) is 6.61. The van der Waals surface area contributed by atoms with Gasteiger partial charge in [0.15, 0.2) is 0 Å². The quantitative estimate of drug-likeness (QED) is 0.0552. The van der Waals surface area contributed by atoms with Gasteiger partial charge >= 0.3 is 25.9 Å². The number of nitrogens with zero attached hydrogens (tertiary/aromatic N) is 9. The van der Waals surface area contributed by atoms with Gasteiger partial charge in [0.2, 0.25) is 5.75 Å². The summed E-state index contributed by atoms with van der Waals surface area (Å²) in [6.45, 7) is 0. The number of phenols is 4. The lowest BCUT2D eigenvalue weighted by molar-refractivity contribution is -0.394. The minimum absolute atomic E-state index is 0.0571. The van der Waals surface area contributed by atoms with Crippen molar-refractivity contribution in [2.45, 2.75) is 9.79 Å². The zero-order valence-corrected chi connectivity index (χ0v) is 28.2. The summed E-state index contributed by atoms with van der Waals surface area (Å²) in [4.78, 5) is 28.6. The Morgan fingerprint density at radius 2 is 1.13 bits per heavy atom. The van der Waals surface area contributed by atoms with E-state index in [4.69, 9.17) is 0 Å². The van der Waals surface area contributed by atoms with Crippen molar-refractivity contribution in [3.63, 3.8) is 0 Å². The number of aromatic hydroxyl groups is 4. The molecule has 27 heteroatoms. The van der Waals surface area contributed by atoms with Gasteiger partial charge in [-0.3, -0.25) is 30.3 Å². The molecular formula is C28H17N9O16S2. The molecule has 5 aromatic carbocycles. The van der Waals surface area contributed by atoms with Crippen LogP contribution in [-0.2, 0) is 28.8 Å². The zero-order chi connectivity index (χ0) is 40.2. The maximum Gasteiger partial charge on any atom is 0.360 e. The Balaban J connectivity index is 1.55. The van der Waals surface area contributed by atoms with Crippen LogP contribution < -0.4 is 0 Å². The van der Waals surface area contributed by atoms with E-state index in [-0.39, 0.29) is 28.2 Å². The predicted molar refractivity (Wildman–Crippen MR) is 180 cm³/mol. The second-order valence-corrected chi connectivity index (χ2v) is 13.5. The third-order valence-corrected chi connectivity index (χ3v) is 9.00. The first-order chi connectivity index (χ1) is 25.9. The molecule has 5 aromatic rings. The van der Waals surface area contributed by atoms with Gasteiger partial charge in [-0.15, -0.1) is 20.5 Å². The number of nitro groups is 3. The second-order valence-electron chi connectivity index (χ2n) is 10.4. The van der Waals surface area contributed by atoms with Crippen molar-refractivity contribution in [2.24, 2.45) is 31.0 Å². The lowest BCUT2D eigenvalue weighted by Crippen LogP contribution is -2.04. The van der Waals surface area contributed by atoms with Gasteiger partial charge in [0.25, 0.3) is 11.4 Å². The molecule has 282 valence electrons. The fourth-order valence-electron chi connectivity index (χ4n) is 4.34. The summed E-state index contributed by atoms with van der Waals surface area (Å²) in [7, 11) is -10.1. The highest BCUT2D eigenvalue weighted by Gasteiger charge is 2.26. The van der Waals surface area contributed by atoms with Crippen LogP contribution in [0, 0.1) is 30.3 Å². The average Bonchev–Trinajstić information content (AvgIpc) is 3.11. The van der Waals surface area contributed by atoms with Crippen molar-refractivity contribution in [2.75, 3.05) is 0 Å². The number of fused-ring (bicyclic) bond motifs is 1. The van der Waals surface area contributed by atoms with Crippen LogP contribution in [0.15, 0.2) is 120 Å². The van der Waals surface area contributed by atoms with Crippen LogP contribution in [0.3, 0.4) is 0 Å². The molecule has 0 aliphatic rings. The molecule has 0 atom stereocenters. The zero-order valence-electron chi connectivity index (χ0n) is 26.5. The van der Waals surface area contributed by atoms with Crippen molar-refractivity contribution < 1.29 is 60.6 Å². The van der Waals surface area contributed by atoms with Crippen LogP contribution in [-0.4, -0.2) is 52.0 Å². The Hall–Kier alpha value is -7.94. The standard InChI is InChI=1S/C28H17N9O16S2/c38-18-5-6-21(25(39)11-18)30-31-22-12-19(54(48,49)52-33-29-15-1-3-16(4-2-15)35(42)43)7-14-8-20(13-26(40)27(14)22)55(50,51)53-34-32-23-9-17(36(44)45)10-24(28(23)41)37(46)47/h1-13,38-41H. The maximum atomic E-state index is 13.2. The highest BCUT2D eigenvalue weighted by molar-refractivity contribution is 7.87. The first-order valence-corrected chi connectivity index (χ1v) is 17.0. The molecule has 0 radical (unpaired) electrons. The third-order valence-electron chi connectivity index (χ3n) is 6.85. The number of phenolic OH excluding ortho intramolecular Hbond substituents is 4. The Kier molecular flexibility index (Phi) is 10.4. The Morgan fingerprint density at radius 3 is 1.71 bits per heavy atom. The minimum Gasteiger partial charge on any atom is -0.508 e.